The van der Waals surface area contributed by atoms with E-state index in [0.29, 0.717) is 31.4 Å². The highest BCUT2D eigenvalue weighted by molar-refractivity contribution is 5.56. The monoisotopic (exact) mass is 384 g/mol. The van der Waals surface area contributed by atoms with Gasteiger partial charge in [0.15, 0.2) is 0 Å². The number of aromatic nitrogens is 3. The smallest absolute Gasteiger partial charge is 0.253 e. The highest BCUT2D eigenvalue weighted by Crippen LogP contribution is 2.25. The minimum atomic E-state index is -0.603. The fourth-order valence-corrected chi connectivity index (χ4v) is 4.17. The van der Waals surface area contributed by atoms with Gasteiger partial charge in [0.2, 0.25) is 0 Å². The quantitative estimate of drug-likeness (QED) is 0.843. The van der Waals surface area contributed by atoms with Gasteiger partial charge in [0, 0.05) is 63.2 Å². The van der Waals surface area contributed by atoms with Crippen LogP contribution in [0.25, 0.3) is 11.3 Å². The van der Waals surface area contributed by atoms with Gasteiger partial charge in [-0.15, -0.1) is 0 Å². The summed E-state index contributed by atoms with van der Waals surface area (Å²) in [5.41, 5.74) is 0.890. The molecule has 2 aromatic heterocycles. The fourth-order valence-electron chi connectivity index (χ4n) is 4.17. The molecule has 0 saturated carbocycles. The van der Waals surface area contributed by atoms with Crippen LogP contribution in [0.15, 0.2) is 41.7 Å². The third-order valence-corrected chi connectivity index (χ3v) is 5.94. The van der Waals surface area contributed by atoms with Gasteiger partial charge in [0.25, 0.3) is 5.56 Å². The number of aliphatic hydroxyl groups is 1. The van der Waals surface area contributed by atoms with E-state index in [1.165, 1.54) is 0 Å². The molecule has 2 saturated heterocycles. The van der Waals surface area contributed by atoms with Crippen LogP contribution in [0, 0.1) is 5.92 Å². The van der Waals surface area contributed by atoms with Crippen LogP contribution < -0.4 is 5.56 Å². The lowest BCUT2D eigenvalue weighted by molar-refractivity contribution is -0.0831. The van der Waals surface area contributed by atoms with Crippen LogP contribution in [0.2, 0.25) is 0 Å². The van der Waals surface area contributed by atoms with Crippen molar-refractivity contribution >= 4 is 0 Å². The highest BCUT2D eigenvalue weighted by Gasteiger charge is 2.33. The summed E-state index contributed by atoms with van der Waals surface area (Å²) in [4.78, 5) is 23.4. The van der Waals surface area contributed by atoms with Gasteiger partial charge in [-0.2, -0.15) is 0 Å². The third-order valence-electron chi connectivity index (χ3n) is 5.94. The van der Waals surface area contributed by atoms with E-state index in [2.05, 4.69) is 14.9 Å². The average Bonchev–Trinajstić information content (AvgIpc) is 2.72. The largest absolute Gasteiger partial charge is 0.388 e. The first-order valence-corrected chi connectivity index (χ1v) is 10.1. The lowest BCUT2D eigenvalue weighted by Gasteiger charge is -2.39. The van der Waals surface area contributed by atoms with E-state index in [9.17, 15) is 9.90 Å². The molecule has 0 bridgehead atoms. The molecule has 0 unspecified atom stereocenters. The van der Waals surface area contributed by atoms with Crippen LogP contribution >= 0.6 is 0 Å². The highest BCUT2D eigenvalue weighted by atomic mass is 16.5. The van der Waals surface area contributed by atoms with Crippen LogP contribution in [0.5, 0.6) is 0 Å². The molecule has 0 amide bonds. The number of nitrogens with zero attached hydrogens (tertiary/aromatic N) is 4. The number of rotatable bonds is 5. The maximum atomic E-state index is 12.5. The summed E-state index contributed by atoms with van der Waals surface area (Å²) < 4.78 is 7.08. The molecule has 7 nitrogen and oxygen atoms in total. The van der Waals surface area contributed by atoms with Crippen molar-refractivity contribution < 1.29 is 9.84 Å². The fraction of sp³-hybridized carbons (Fsp3) is 0.571. The number of hydrogen-bond acceptors (Lipinski definition) is 6. The zero-order valence-corrected chi connectivity index (χ0v) is 16.2. The molecule has 0 aliphatic carbocycles. The molecule has 0 radical (unpaired) electrons. The Hall–Kier alpha value is -2.09. The number of likely N-dealkylation sites (tertiary alicyclic amines) is 1. The molecule has 0 atom stereocenters. The summed E-state index contributed by atoms with van der Waals surface area (Å²) in [5.74, 6) is 0.462. The first kappa shape index (κ1) is 19.2. The average molecular weight is 384 g/mol. The molecule has 2 aromatic rings. The molecule has 2 aliphatic rings. The Kier molecular flexibility index (Phi) is 5.85. The van der Waals surface area contributed by atoms with Gasteiger partial charge in [-0.1, -0.05) is 0 Å². The van der Waals surface area contributed by atoms with Crippen LogP contribution in [-0.4, -0.2) is 63.0 Å². The number of pyridine rings is 1. The van der Waals surface area contributed by atoms with Crippen molar-refractivity contribution in [3.8, 4) is 11.3 Å². The molecule has 7 heteroatoms. The first-order valence-electron chi connectivity index (χ1n) is 10.1. The Labute approximate surface area is 165 Å². The number of ether oxygens (including phenoxy) is 1. The molecule has 4 rings (SSSR count). The molecule has 2 aliphatic heterocycles. The molecule has 1 N–H and O–H groups in total. The lowest BCUT2D eigenvalue weighted by Crippen LogP contribution is -2.49. The van der Waals surface area contributed by atoms with Gasteiger partial charge in [0.1, 0.15) is 0 Å². The summed E-state index contributed by atoms with van der Waals surface area (Å²) in [6.45, 7) is 4.65. The minimum Gasteiger partial charge on any atom is -0.388 e. The molecule has 4 heterocycles. The van der Waals surface area contributed by atoms with Gasteiger partial charge in [-0.05, 0) is 44.0 Å². The van der Waals surface area contributed by atoms with E-state index in [-0.39, 0.29) is 5.56 Å². The van der Waals surface area contributed by atoms with E-state index >= 15 is 0 Å². The second-order valence-corrected chi connectivity index (χ2v) is 8.06. The number of β-amino-alcohol motifs (C(OH)–C–C–N with tert-alkyl or cyclic N) is 1. The van der Waals surface area contributed by atoms with E-state index in [1.54, 1.807) is 29.4 Å². The molecule has 2 fully saturated rings. The van der Waals surface area contributed by atoms with E-state index in [0.717, 1.165) is 50.9 Å². The zero-order valence-electron chi connectivity index (χ0n) is 16.2. The Morgan fingerprint density at radius 3 is 2.71 bits per heavy atom. The van der Waals surface area contributed by atoms with Crippen LogP contribution in [0.3, 0.4) is 0 Å². The predicted octanol–water partition coefficient (Wildman–Crippen LogP) is 1.56. The first-order chi connectivity index (χ1) is 13.6. The van der Waals surface area contributed by atoms with E-state index in [1.807, 2.05) is 12.1 Å². The van der Waals surface area contributed by atoms with Gasteiger partial charge < -0.3 is 14.7 Å². The van der Waals surface area contributed by atoms with E-state index in [4.69, 9.17) is 4.74 Å². The third kappa shape index (κ3) is 4.66. The zero-order chi connectivity index (χ0) is 19.4. The van der Waals surface area contributed by atoms with Gasteiger partial charge in [0.05, 0.1) is 17.6 Å². The number of piperidine rings is 1. The predicted molar refractivity (Wildman–Crippen MR) is 106 cm³/mol. The van der Waals surface area contributed by atoms with Crippen molar-refractivity contribution in [1.29, 1.82) is 0 Å². The summed E-state index contributed by atoms with van der Waals surface area (Å²) >= 11 is 0. The Morgan fingerprint density at radius 1 is 1.25 bits per heavy atom. The molecule has 0 aromatic carbocycles. The van der Waals surface area contributed by atoms with Crippen LogP contribution in [0.4, 0.5) is 0 Å². The molecule has 150 valence electrons. The minimum absolute atomic E-state index is 0.0206. The second-order valence-electron chi connectivity index (χ2n) is 8.06. The maximum Gasteiger partial charge on any atom is 0.253 e. The van der Waals surface area contributed by atoms with Crippen molar-refractivity contribution in [2.45, 2.75) is 37.8 Å². The van der Waals surface area contributed by atoms with Crippen molar-refractivity contribution in [3.05, 3.63) is 47.3 Å². The summed E-state index contributed by atoms with van der Waals surface area (Å²) in [7, 11) is 0. The molecule has 28 heavy (non-hydrogen) atoms. The van der Waals surface area contributed by atoms with Crippen molar-refractivity contribution in [2.24, 2.45) is 5.92 Å². The Morgan fingerprint density at radius 2 is 2.04 bits per heavy atom. The van der Waals surface area contributed by atoms with Gasteiger partial charge >= 0.3 is 0 Å². The van der Waals surface area contributed by atoms with Gasteiger partial charge in [-0.3, -0.25) is 14.3 Å². The topological polar surface area (TPSA) is 80.5 Å². The molecule has 0 spiro atoms. The van der Waals surface area contributed by atoms with Crippen molar-refractivity contribution in [3.63, 3.8) is 0 Å². The summed E-state index contributed by atoms with van der Waals surface area (Å²) in [6.07, 6.45) is 8.58. The standard InChI is InChI=1S/C21H28N4O3/c26-20-12-19(18-2-1-7-22-13-18)23-16-25(20)14-17-3-8-24(9-4-17)15-21(27)5-10-28-11-6-21/h1-2,7,12-13,16-17,27H,3-6,8-11,14-15H2. The van der Waals surface area contributed by atoms with E-state index < -0.39 is 5.60 Å². The molecular formula is C21H28N4O3. The van der Waals surface area contributed by atoms with Crippen LogP contribution in [0.1, 0.15) is 25.7 Å². The SMILES string of the molecule is O=c1cc(-c2cccnc2)ncn1CC1CCN(CC2(O)CCOCC2)CC1. The van der Waals surface area contributed by atoms with Gasteiger partial charge in [-0.25, -0.2) is 4.98 Å². The van der Waals surface area contributed by atoms with Crippen LogP contribution in [-0.2, 0) is 11.3 Å². The maximum absolute atomic E-state index is 12.5. The lowest BCUT2D eigenvalue weighted by atomic mass is 9.91. The summed E-state index contributed by atoms with van der Waals surface area (Å²) in [5, 5.41) is 10.7. The second kappa shape index (κ2) is 8.51. The Balaban J connectivity index is 1.32. The Bertz CT molecular complexity index is 825. The normalized spacial score (nSPS) is 20.9. The summed E-state index contributed by atoms with van der Waals surface area (Å²) in [6, 6.07) is 5.33. The van der Waals surface area contributed by atoms with Crippen molar-refractivity contribution in [2.75, 3.05) is 32.8 Å². The van der Waals surface area contributed by atoms with Crippen molar-refractivity contribution in [1.82, 2.24) is 19.4 Å². The molecular weight excluding hydrogens is 356 g/mol. The number of hydrogen-bond donors (Lipinski definition) is 1.